The number of nitrogens with zero attached hydrogens (tertiary/aromatic N) is 1. The molecule has 1 atom stereocenters. The molecule has 1 N–H and O–H groups in total. The van der Waals surface area contributed by atoms with E-state index in [1.54, 1.807) is 6.92 Å². The summed E-state index contributed by atoms with van der Waals surface area (Å²) in [6, 6.07) is 7.95. The van der Waals surface area contributed by atoms with Crippen molar-refractivity contribution in [3.8, 4) is 11.5 Å². The smallest absolute Gasteiger partial charge is 0.316 e. The van der Waals surface area contributed by atoms with Gasteiger partial charge in [0.25, 0.3) is 0 Å². The van der Waals surface area contributed by atoms with Crippen LogP contribution in [0.4, 0.5) is 0 Å². The van der Waals surface area contributed by atoms with E-state index in [1.807, 2.05) is 24.3 Å². The number of hydrogen-bond acceptors (Lipinski definition) is 4. The third-order valence-corrected chi connectivity index (χ3v) is 4.46. The molecule has 0 amide bonds. The minimum absolute atomic E-state index is 0.0890. The van der Waals surface area contributed by atoms with Gasteiger partial charge in [0.15, 0.2) is 0 Å². The molecule has 1 aromatic carbocycles. The Morgan fingerprint density at radius 2 is 1.95 bits per heavy atom. The molecule has 0 spiro atoms. The molecule has 1 aromatic heterocycles. The summed E-state index contributed by atoms with van der Waals surface area (Å²) in [5.41, 5.74) is 2.63. The number of rotatable bonds is 6. The van der Waals surface area contributed by atoms with E-state index in [9.17, 15) is 9.00 Å². The molecule has 0 bridgehead atoms. The van der Waals surface area contributed by atoms with Gasteiger partial charge < -0.3 is 9.52 Å². The van der Waals surface area contributed by atoms with Gasteiger partial charge >= 0.3 is 5.97 Å². The Labute approximate surface area is 131 Å². The molecule has 6 heteroatoms. The van der Waals surface area contributed by atoms with Crippen LogP contribution in [0.1, 0.15) is 36.8 Å². The normalized spacial score (nSPS) is 12.5. The van der Waals surface area contributed by atoms with E-state index >= 15 is 0 Å². The van der Waals surface area contributed by atoms with Crippen LogP contribution in [0.5, 0.6) is 0 Å². The van der Waals surface area contributed by atoms with E-state index in [0.29, 0.717) is 23.3 Å². The maximum absolute atomic E-state index is 11.7. The summed E-state index contributed by atoms with van der Waals surface area (Å²) in [5.74, 6) is 0.117. The van der Waals surface area contributed by atoms with E-state index in [0.717, 1.165) is 5.56 Å². The summed E-state index contributed by atoms with van der Waals surface area (Å²) in [7, 11) is -1.49. The summed E-state index contributed by atoms with van der Waals surface area (Å²) >= 11 is 0. The fraction of sp³-hybridized carbons (Fsp3) is 0.375. The fourth-order valence-corrected chi connectivity index (χ4v) is 2.99. The second kappa shape index (κ2) is 6.87. The minimum atomic E-state index is -1.49. The quantitative estimate of drug-likeness (QED) is 0.884. The molecule has 0 radical (unpaired) electrons. The zero-order valence-corrected chi connectivity index (χ0v) is 13.6. The number of aromatic nitrogens is 1. The van der Waals surface area contributed by atoms with Gasteiger partial charge in [-0.15, -0.1) is 0 Å². The standard InChI is InChI=1S/C16H19NO4S/c1-10(2)12-4-6-13(7-5-12)16-17-14(11(3)21-16)8-22(20)9-15(18)19/h4-7,10H,8-9H2,1-3H3,(H,18,19). The number of hydrogen-bond donors (Lipinski definition) is 1. The second-order valence-electron chi connectivity index (χ2n) is 5.42. The Bertz CT molecular complexity index is 689. The van der Waals surface area contributed by atoms with Crippen molar-refractivity contribution in [2.45, 2.75) is 32.4 Å². The molecule has 0 fully saturated rings. The number of carbonyl (C=O) groups is 1. The summed E-state index contributed by atoms with van der Waals surface area (Å²) in [5, 5.41) is 8.65. The number of carboxylic acids is 1. The lowest BCUT2D eigenvalue weighted by atomic mass is 10.0. The van der Waals surface area contributed by atoms with Crippen molar-refractivity contribution in [2.24, 2.45) is 0 Å². The van der Waals surface area contributed by atoms with E-state index in [4.69, 9.17) is 9.52 Å². The maximum Gasteiger partial charge on any atom is 0.316 e. The summed E-state index contributed by atoms with van der Waals surface area (Å²) in [4.78, 5) is 14.9. The number of oxazole rings is 1. The third-order valence-electron chi connectivity index (χ3n) is 3.30. The van der Waals surface area contributed by atoms with Crippen molar-refractivity contribution < 1.29 is 18.5 Å². The average molecular weight is 321 g/mol. The largest absolute Gasteiger partial charge is 0.481 e. The summed E-state index contributed by atoms with van der Waals surface area (Å²) in [6.45, 7) is 5.99. The number of aryl methyl sites for hydroxylation is 1. The van der Waals surface area contributed by atoms with Crippen LogP contribution in [0.3, 0.4) is 0 Å². The molecule has 2 rings (SSSR count). The summed E-state index contributed by atoms with van der Waals surface area (Å²) < 4.78 is 17.3. The molecule has 0 aliphatic rings. The van der Waals surface area contributed by atoms with Gasteiger partial charge in [0, 0.05) is 16.4 Å². The van der Waals surface area contributed by atoms with Gasteiger partial charge in [0.1, 0.15) is 11.5 Å². The number of carboxylic acid groups (broad SMARTS) is 1. The molecular weight excluding hydrogens is 302 g/mol. The molecule has 1 heterocycles. The van der Waals surface area contributed by atoms with Gasteiger partial charge in [0.05, 0.1) is 11.4 Å². The molecule has 1 unspecified atom stereocenters. The first-order valence-electron chi connectivity index (χ1n) is 7.00. The molecule has 5 nitrogen and oxygen atoms in total. The lowest BCUT2D eigenvalue weighted by Crippen LogP contribution is -2.11. The molecular formula is C16H19NO4S. The Kier molecular flexibility index (Phi) is 5.13. The lowest BCUT2D eigenvalue weighted by molar-refractivity contribution is -0.133. The van der Waals surface area contributed by atoms with Crippen LogP contribution in [-0.2, 0) is 21.3 Å². The monoisotopic (exact) mass is 321 g/mol. The molecule has 118 valence electrons. The first-order chi connectivity index (χ1) is 10.4. The Hall–Kier alpha value is -1.95. The van der Waals surface area contributed by atoms with Gasteiger partial charge in [-0.3, -0.25) is 9.00 Å². The van der Waals surface area contributed by atoms with Gasteiger partial charge in [-0.2, -0.15) is 0 Å². The first-order valence-corrected chi connectivity index (χ1v) is 8.49. The highest BCUT2D eigenvalue weighted by Gasteiger charge is 2.15. The van der Waals surface area contributed by atoms with Crippen LogP contribution < -0.4 is 0 Å². The van der Waals surface area contributed by atoms with Crippen LogP contribution in [0.25, 0.3) is 11.5 Å². The maximum atomic E-state index is 11.7. The van der Waals surface area contributed by atoms with Crippen LogP contribution in [0.15, 0.2) is 28.7 Å². The lowest BCUT2D eigenvalue weighted by Gasteiger charge is -2.04. The van der Waals surface area contributed by atoms with E-state index < -0.39 is 16.8 Å². The molecule has 0 aliphatic heterocycles. The van der Waals surface area contributed by atoms with E-state index in [-0.39, 0.29) is 11.5 Å². The minimum Gasteiger partial charge on any atom is -0.481 e. The molecule has 2 aromatic rings. The zero-order valence-electron chi connectivity index (χ0n) is 12.8. The second-order valence-corrected chi connectivity index (χ2v) is 6.88. The van der Waals surface area contributed by atoms with Gasteiger partial charge in [-0.05, 0) is 30.5 Å². The van der Waals surface area contributed by atoms with Crippen LogP contribution in [-0.4, -0.2) is 26.0 Å². The highest BCUT2D eigenvalue weighted by molar-refractivity contribution is 7.84. The topological polar surface area (TPSA) is 80.4 Å². The van der Waals surface area contributed by atoms with Crippen molar-refractivity contribution in [2.75, 3.05) is 5.75 Å². The average Bonchev–Trinajstić information content (AvgIpc) is 2.79. The van der Waals surface area contributed by atoms with E-state index in [1.165, 1.54) is 5.56 Å². The van der Waals surface area contributed by atoms with Crippen LogP contribution in [0.2, 0.25) is 0 Å². The first kappa shape index (κ1) is 16.4. The van der Waals surface area contributed by atoms with Crippen molar-refractivity contribution in [3.63, 3.8) is 0 Å². The van der Waals surface area contributed by atoms with Crippen molar-refractivity contribution in [1.82, 2.24) is 4.98 Å². The SMILES string of the molecule is Cc1oc(-c2ccc(C(C)C)cc2)nc1CS(=O)CC(=O)O. The highest BCUT2D eigenvalue weighted by Crippen LogP contribution is 2.24. The summed E-state index contributed by atoms with van der Waals surface area (Å²) in [6.07, 6.45) is 0. The number of aliphatic carboxylic acids is 1. The Balaban J connectivity index is 2.18. The highest BCUT2D eigenvalue weighted by atomic mass is 32.2. The molecule has 22 heavy (non-hydrogen) atoms. The van der Waals surface area contributed by atoms with Crippen LogP contribution in [0, 0.1) is 6.92 Å². The molecule has 0 saturated heterocycles. The predicted molar refractivity (Wildman–Crippen MR) is 85.1 cm³/mol. The van der Waals surface area contributed by atoms with Gasteiger partial charge in [0.2, 0.25) is 5.89 Å². The van der Waals surface area contributed by atoms with E-state index in [2.05, 4.69) is 18.8 Å². The predicted octanol–water partition coefficient (Wildman–Crippen LogP) is 3.11. The van der Waals surface area contributed by atoms with Crippen molar-refractivity contribution >= 4 is 16.8 Å². The number of benzene rings is 1. The third kappa shape index (κ3) is 4.04. The zero-order chi connectivity index (χ0) is 16.3. The van der Waals surface area contributed by atoms with Crippen LogP contribution >= 0.6 is 0 Å². The molecule has 0 aliphatic carbocycles. The Morgan fingerprint density at radius 3 is 2.50 bits per heavy atom. The fourth-order valence-electron chi connectivity index (χ4n) is 2.04. The van der Waals surface area contributed by atoms with Gasteiger partial charge in [-0.25, -0.2) is 4.98 Å². The Morgan fingerprint density at radius 1 is 1.32 bits per heavy atom. The van der Waals surface area contributed by atoms with Crippen molar-refractivity contribution in [1.29, 1.82) is 0 Å². The van der Waals surface area contributed by atoms with Gasteiger partial charge in [-0.1, -0.05) is 26.0 Å². The van der Waals surface area contributed by atoms with Crippen molar-refractivity contribution in [3.05, 3.63) is 41.3 Å². The molecule has 0 saturated carbocycles.